The van der Waals surface area contributed by atoms with Gasteiger partial charge < -0.3 is 4.40 Å². The van der Waals surface area contributed by atoms with Crippen LogP contribution in [0.4, 0.5) is 0 Å². The lowest BCUT2D eigenvalue weighted by atomic mass is 10.2. The molecule has 0 N–H and O–H groups in total. The number of hydrogen-bond acceptors (Lipinski definition) is 4. The van der Waals surface area contributed by atoms with E-state index in [1.54, 1.807) is 0 Å². The molecular weight excluding hydrogens is 218 g/mol. The molecule has 0 aliphatic heterocycles. The lowest BCUT2D eigenvalue weighted by molar-refractivity contribution is -0.191. The first kappa shape index (κ1) is 12.6. The van der Waals surface area contributed by atoms with Crippen LogP contribution in [0.1, 0.15) is 18.2 Å². The van der Waals surface area contributed by atoms with Crippen LogP contribution in [0.2, 0.25) is 0 Å². The van der Waals surface area contributed by atoms with Crippen LogP contribution in [0, 0.1) is 11.3 Å². The number of nitrogens with zero attached hydrogens (tertiary/aromatic N) is 3. The van der Waals surface area contributed by atoms with E-state index in [0.29, 0.717) is 6.42 Å². The summed E-state index contributed by atoms with van der Waals surface area (Å²) in [5.41, 5.74) is 3.03. The lowest BCUT2D eigenvalue weighted by Gasteiger charge is -1.95. The minimum Gasteiger partial charge on any atom is -0.307 e. The van der Waals surface area contributed by atoms with Gasteiger partial charge in [-0.1, -0.05) is 6.92 Å². The summed E-state index contributed by atoms with van der Waals surface area (Å²) in [4.78, 5) is 20.7. The zero-order valence-electron chi connectivity index (χ0n) is 9.38. The van der Waals surface area contributed by atoms with Crippen molar-refractivity contribution in [1.29, 1.82) is 5.26 Å². The molecule has 2 heterocycles. The zero-order valence-corrected chi connectivity index (χ0v) is 9.38. The third-order valence-electron chi connectivity index (χ3n) is 2.22. The van der Waals surface area contributed by atoms with Gasteiger partial charge in [0.25, 0.3) is 0 Å². The normalized spacial score (nSPS) is 8.94. The van der Waals surface area contributed by atoms with Gasteiger partial charge in [-0.25, -0.2) is 4.98 Å². The average Bonchev–Trinajstić information content (AvgIpc) is 2.72. The van der Waals surface area contributed by atoms with Crippen LogP contribution in [0.5, 0.6) is 0 Å². The molecule has 0 bridgehead atoms. The van der Waals surface area contributed by atoms with Crippen molar-refractivity contribution >= 4 is 11.8 Å². The molecule has 17 heavy (non-hydrogen) atoms. The average molecular weight is 229 g/mol. The van der Waals surface area contributed by atoms with Gasteiger partial charge >= 0.3 is 6.15 Å². The minimum absolute atomic E-state index is 0.250. The quantitative estimate of drug-likeness (QED) is 0.779. The fourth-order valence-electron chi connectivity index (χ4n) is 1.45. The Bertz CT molecular complexity index is 575. The maximum atomic E-state index is 8.57. The lowest BCUT2D eigenvalue weighted by Crippen LogP contribution is -1.86. The van der Waals surface area contributed by atoms with Gasteiger partial charge in [-0.05, 0) is 24.1 Å². The number of nitriles is 1. The molecule has 5 nitrogen and oxygen atoms in total. The number of imidazole rings is 1. The van der Waals surface area contributed by atoms with Gasteiger partial charge in [-0.15, -0.1) is 0 Å². The summed E-state index contributed by atoms with van der Waals surface area (Å²) in [5.74, 6) is 0. The predicted octanol–water partition coefficient (Wildman–Crippen LogP) is 1.38. The summed E-state index contributed by atoms with van der Waals surface area (Å²) in [6.07, 6.45) is 5.61. The smallest absolute Gasteiger partial charge is 0.307 e. The topological polar surface area (TPSA) is 75.2 Å². The molecule has 2 aromatic rings. The third-order valence-corrected chi connectivity index (χ3v) is 2.22. The highest BCUT2D eigenvalue weighted by atomic mass is 16.2. The standard InChI is InChI=1S/C11H11N3.CO2/c1-2-10-8-14-6-4-9(3-5-12)7-11(14)13-10;2-1-3/h4,6-8H,2-3H2,1H3;. The second kappa shape index (κ2) is 6.21. The number of aryl methyl sites for hydroxylation is 1. The van der Waals surface area contributed by atoms with Crippen molar-refractivity contribution in [2.24, 2.45) is 0 Å². The number of hydrogen-bond donors (Lipinski definition) is 0. The molecule has 0 spiro atoms. The third kappa shape index (κ3) is 3.26. The number of carbonyl (C=O) groups excluding carboxylic acids is 2. The first-order valence-electron chi connectivity index (χ1n) is 5.07. The second-order valence-corrected chi connectivity index (χ2v) is 3.30. The molecule has 0 amide bonds. The molecule has 0 aliphatic carbocycles. The van der Waals surface area contributed by atoms with Crippen LogP contribution >= 0.6 is 0 Å². The van der Waals surface area contributed by atoms with Crippen molar-refractivity contribution in [3.63, 3.8) is 0 Å². The molecule has 0 saturated heterocycles. The van der Waals surface area contributed by atoms with Crippen LogP contribution in [0.15, 0.2) is 24.5 Å². The van der Waals surface area contributed by atoms with Gasteiger partial charge in [0.15, 0.2) is 0 Å². The first-order chi connectivity index (χ1) is 8.24. The van der Waals surface area contributed by atoms with E-state index in [1.807, 2.05) is 28.9 Å². The van der Waals surface area contributed by atoms with Crippen LogP contribution in [-0.2, 0) is 22.4 Å². The van der Waals surface area contributed by atoms with E-state index >= 15 is 0 Å². The summed E-state index contributed by atoms with van der Waals surface area (Å²) < 4.78 is 1.99. The van der Waals surface area contributed by atoms with Crippen molar-refractivity contribution in [2.45, 2.75) is 19.8 Å². The summed E-state index contributed by atoms with van der Waals surface area (Å²) in [7, 11) is 0. The van der Waals surface area contributed by atoms with E-state index in [-0.39, 0.29) is 6.15 Å². The van der Waals surface area contributed by atoms with Gasteiger partial charge in [0, 0.05) is 12.4 Å². The van der Waals surface area contributed by atoms with Crippen molar-refractivity contribution < 1.29 is 9.59 Å². The van der Waals surface area contributed by atoms with Gasteiger partial charge in [0.05, 0.1) is 18.2 Å². The van der Waals surface area contributed by atoms with E-state index in [9.17, 15) is 0 Å². The van der Waals surface area contributed by atoms with Crippen molar-refractivity contribution in [1.82, 2.24) is 9.38 Å². The summed E-state index contributed by atoms with van der Waals surface area (Å²) in [6, 6.07) is 6.05. The number of pyridine rings is 1. The predicted molar refractivity (Wildman–Crippen MR) is 58.9 cm³/mol. The fourth-order valence-corrected chi connectivity index (χ4v) is 1.45. The van der Waals surface area contributed by atoms with Gasteiger partial charge in [-0.3, -0.25) is 0 Å². The fraction of sp³-hybridized carbons (Fsp3) is 0.250. The SMILES string of the molecule is CCc1cn2ccc(CC#N)cc2n1.O=C=O. The van der Waals surface area contributed by atoms with E-state index < -0.39 is 0 Å². The van der Waals surface area contributed by atoms with Gasteiger partial charge in [0.1, 0.15) is 5.65 Å². The highest BCUT2D eigenvalue weighted by Crippen LogP contribution is 2.08. The maximum Gasteiger partial charge on any atom is 0.373 e. The van der Waals surface area contributed by atoms with Crippen LogP contribution in [0.25, 0.3) is 5.65 Å². The Morgan fingerprint density at radius 1 is 1.47 bits per heavy atom. The molecule has 0 saturated carbocycles. The minimum atomic E-state index is 0.250. The van der Waals surface area contributed by atoms with Crippen molar-refractivity contribution in [3.8, 4) is 6.07 Å². The molecule has 0 fully saturated rings. The monoisotopic (exact) mass is 229 g/mol. The largest absolute Gasteiger partial charge is 0.373 e. The molecule has 5 heteroatoms. The van der Waals surface area contributed by atoms with Crippen LogP contribution in [-0.4, -0.2) is 15.5 Å². The van der Waals surface area contributed by atoms with Crippen molar-refractivity contribution in [2.75, 3.05) is 0 Å². The Hall–Kier alpha value is -2.44. The Morgan fingerprint density at radius 3 is 2.76 bits per heavy atom. The molecular formula is C12H11N3O2. The zero-order chi connectivity index (χ0) is 12.7. The van der Waals surface area contributed by atoms with Crippen LogP contribution < -0.4 is 0 Å². The van der Waals surface area contributed by atoms with E-state index in [0.717, 1.165) is 23.3 Å². The molecule has 0 aliphatic rings. The Labute approximate surface area is 98.3 Å². The first-order valence-corrected chi connectivity index (χ1v) is 5.07. The van der Waals surface area contributed by atoms with Crippen LogP contribution in [0.3, 0.4) is 0 Å². The van der Waals surface area contributed by atoms with Gasteiger partial charge in [-0.2, -0.15) is 14.9 Å². The molecule has 0 radical (unpaired) electrons. The van der Waals surface area contributed by atoms with E-state index in [2.05, 4.69) is 18.0 Å². The highest BCUT2D eigenvalue weighted by molar-refractivity contribution is 5.43. The molecule has 2 aromatic heterocycles. The van der Waals surface area contributed by atoms with Crippen molar-refractivity contribution in [3.05, 3.63) is 35.8 Å². The molecule has 0 atom stereocenters. The summed E-state index contributed by atoms with van der Waals surface area (Å²) in [5, 5.41) is 8.57. The second-order valence-electron chi connectivity index (χ2n) is 3.30. The Balaban J connectivity index is 0.000000437. The molecule has 0 unspecified atom stereocenters. The summed E-state index contributed by atoms with van der Waals surface area (Å²) >= 11 is 0. The number of fused-ring (bicyclic) bond motifs is 1. The van der Waals surface area contributed by atoms with E-state index in [1.165, 1.54) is 0 Å². The summed E-state index contributed by atoms with van der Waals surface area (Å²) in [6.45, 7) is 2.08. The Kier molecular flexibility index (Phi) is 4.61. The van der Waals surface area contributed by atoms with Gasteiger partial charge in [0.2, 0.25) is 0 Å². The Morgan fingerprint density at radius 2 is 2.18 bits per heavy atom. The molecule has 86 valence electrons. The molecule has 2 rings (SSSR count). The number of rotatable bonds is 2. The maximum absolute atomic E-state index is 8.57. The number of aromatic nitrogens is 2. The highest BCUT2D eigenvalue weighted by Gasteiger charge is 2.00. The van der Waals surface area contributed by atoms with E-state index in [4.69, 9.17) is 14.9 Å². The molecule has 0 aromatic carbocycles.